The summed E-state index contributed by atoms with van der Waals surface area (Å²) in [7, 11) is 0. The number of benzene rings is 1. The second-order valence-corrected chi connectivity index (χ2v) is 5.81. The van der Waals surface area contributed by atoms with Gasteiger partial charge in [-0.05, 0) is 12.0 Å². The first-order chi connectivity index (χ1) is 9.23. The maximum Gasteiger partial charge on any atom is 0.271 e. The van der Waals surface area contributed by atoms with Crippen molar-refractivity contribution in [2.75, 3.05) is 13.1 Å². The van der Waals surface area contributed by atoms with Crippen LogP contribution in [-0.4, -0.2) is 39.5 Å². The van der Waals surface area contributed by atoms with Crippen LogP contribution in [0.25, 0.3) is 0 Å². The minimum absolute atomic E-state index is 0.0419. The lowest BCUT2D eigenvalue weighted by Gasteiger charge is -2.49. The number of nitro benzene ring substituents is 1. The molecular weight excluding hydrogens is 284 g/mol. The molecule has 1 amide bonds. The quantitative estimate of drug-likeness (QED) is 0.684. The number of hydrogen-bond acceptors (Lipinski definition) is 4. The lowest BCUT2D eigenvalue weighted by Crippen LogP contribution is -2.65. The number of halogens is 1. The van der Waals surface area contributed by atoms with Gasteiger partial charge in [0.15, 0.2) is 0 Å². The Labute approximate surface area is 121 Å². The Bertz CT molecular complexity index is 567. The predicted molar refractivity (Wildman–Crippen MR) is 73.8 cm³/mol. The van der Waals surface area contributed by atoms with Crippen molar-refractivity contribution < 1.29 is 14.8 Å². The fourth-order valence-corrected chi connectivity index (χ4v) is 2.34. The molecule has 20 heavy (non-hydrogen) atoms. The number of amides is 1. The molecule has 0 atom stereocenters. The van der Waals surface area contributed by atoms with Gasteiger partial charge in [-0.1, -0.05) is 25.4 Å². The van der Waals surface area contributed by atoms with Gasteiger partial charge in [0.25, 0.3) is 11.6 Å². The molecule has 1 aliphatic rings. The van der Waals surface area contributed by atoms with Crippen molar-refractivity contribution in [3.8, 4) is 0 Å². The fourth-order valence-electron chi connectivity index (χ4n) is 2.11. The molecule has 108 valence electrons. The summed E-state index contributed by atoms with van der Waals surface area (Å²) in [5.74, 6) is -0.318. The highest BCUT2D eigenvalue weighted by molar-refractivity contribution is 6.31. The van der Waals surface area contributed by atoms with Crippen molar-refractivity contribution >= 4 is 23.2 Å². The number of carbonyl (C=O) groups is 1. The van der Waals surface area contributed by atoms with E-state index in [4.69, 9.17) is 11.6 Å². The van der Waals surface area contributed by atoms with Crippen molar-refractivity contribution in [1.82, 2.24) is 4.90 Å². The van der Waals surface area contributed by atoms with Gasteiger partial charge in [-0.25, -0.2) is 0 Å². The smallest absolute Gasteiger partial charge is 0.271 e. The average Bonchev–Trinajstić information content (AvgIpc) is 2.32. The minimum atomic E-state index is -0.875. The molecular formula is C13H15ClN2O4. The summed E-state index contributed by atoms with van der Waals surface area (Å²) >= 11 is 5.79. The molecule has 1 saturated heterocycles. The standard InChI is InChI=1S/C13H15ClN2O4/c1-8(2)13(18)6-15(7-13)12(17)9-3-10(14)5-11(4-9)16(19)20/h3-5,8,18H,6-7H2,1-2H3. The van der Waals surface area contributed by atoms with Crippen LogP contribution in [0.4, 0.5) is 5.69 Å². The zero-order valence-electron chi connectivity index (χ0n) is 11.2. The van der Waals surface area contributed by atoms with Crippen LogP contribution in [0.5, 0.6) is 0 Å². The summed E-state index contributed by atoms with van der Waals surface area (Å²) in [4.78, 5) is 23.8. The SMILES string of the molecule is CC(C)C1(O)CN(C(=O)c2cc(Cl)cc([N+](=O)[O-])c2)C1. The Morgan fingerprint density at radius 1 is 1.45 bits per heavy atom. The number of nitro groups is 1. The van der Waals surface area contributed by atoms with Crippen molar-refractivity contribution in [3.05, 3.63) is 38.9 Å². The van der Waals surface area contributed by atoms with Gasteiger partial charge >= 0.3 is 0 Å². The fraction of sp³-hybridized carbons (Fsp3) is 0.462. The molecule has 0 aliphatic carbocycles. The van der Waals surface area contributed by atoms with Gasteiger partial charge in [0, 0.05) is 22.7 Å². The van der Waals surface area contributed by atoms with Gasteiger partial charge in [0.1, 0.15) is 5.60 Å². The lowest BCUT2D eigenvalue weighted by molar-refractivity contribution is -0.384. The molecule has 1 aromatic carbocycles. The molecule has 1 aromatic rings. The number of aliphatic hydroxyl groups is 1. The van der Waals surface area contributed by atoms with Gasteiger partial charge in [0.2, 0.25) is 0 Å². The monoisotopic (exact) mass is 298 g/mol. The molecule has 1 N–H and O–H groups in total. The first kappa shape index (κ1) is 14.7. The van der Waals surface area contributed by atoms with E-state index in [0.29, 0.717) is 0 Å². The number of rotatable bonds is 3. The third-order valence-electron chi connectivity index (χ3n) is 3.63. The van der Waals surface area contributed by atoms with Gasteiger partial charge in [-0.2, -0.15) is 0 Å². The van der Waals surface area contributed by atoms with Crippen LogP contribution in [0.1, 0.15) is 24.2 Å². The number of β-amino-alcohol motifs (C(OH)–C–C–N with tert-alkyl or cyclic N) is 1. The summed E-state index contributed by atoms with van der Waals surface area (Å²) in [6, 6.07) is 3.78. The van der Waals surface area contributed by atoms with E-state index in [1.807, 2.05) is 13.8 Å². The Morgan fingerprint density at radius 3 is 2.55 bits per heavy atom. The largest absolute Gasteiger partial charge is 0.386 e. The topological polar surface area (TPSA) is 83.7 Å². The van der Waals surface area contributed by atoms with Crippen LogP contribution >= 0.6 is 11.6 Å². The Morgan fingerprint density at radius 2 is 2.05 bits per heavy atom. The summed E-state index contributed by atoms with van der Waals surface area (Å²) < 4.78 is 0. The van der Waals surface area contributed by atoms with E-state index in [1.165, 1.54) is 23.1 Å². The molecule has 0 radical (unpaired) electrons. The summed E-state index contributed by atoms with van der Waals surface area (Å²) in [6.45, 7) is 4.21. The van der Waals surface area contributed by atoms with Crippen LogP contribution in [0.2, 0.25) is 5.02 Å². The van der Waals surface area contributed by atoms with E-state index in [0.717, 1.165) is 0 Å². The number of likely N-dealkylation sites (tertiary alicyclic amines) is 1. The second kappa shape index (κ2) is 5.03. The third kappa shape index (κ3) is 2.62. The zero-order valence-corrected chi connectivity index (χ0v) is 11.9. The maximum absolute atomic E-state index is 12.2. The molecule has 0 aromatic heterocycles. The van der Waals surface area contributed by atoms with Crippen molar-refractivity contribution in [2.24, 2.45) is 5.92 Å². The maximum atomic E-state index is 12.2. The summed E-state index contributed by atoms with van der Waals surface area (Å²) in [6.07, 6.45) is 0. The summed E-state index contributed by atoms with van der Waals surface area (Å²) in [5.41, 5.74) is -0.935. The van der Waals surface area contributed by atoms with Crippen LogP contribution in [-0.2, 0) is 0 Å². The highest BCUT2D eigenvalue weighted by atomic mass is 35.5. The van der Waals surface area contributed by atoms with Crippen LogP contribution in [0, 0.1) is 16.0 Å². The zero-order chi connectivity index (χ0) is 15.1. The van der Waals surface area contributed by atoms with Crippen LogP contribution < -0.4 is 0 Å². The lowest BCUT2D eigenvalue weighted by atomic mass is 9.82. The normalized spacial score (nSPS) is 16.9. The minimum Gasteiger partial charge on any atom is -0.386 e. The molecule has 2 rings (SSSR count). The molecule has 0 bridgehead atoms. The molecule has 0 saturated carbocycles. The second-order valence-electron chi connectivity index (χ2n) is 5.37. The molecule has 1 heterocycles. The highest BCUT2D eigenvalue weighted by Crippen LogP contribution is 2.31. The van der Waals surface area contributed by atoms with E-state index in [9.17, 15) is 20.0 Å². The Balaban J connectivity index is 2.18. The van der Waals surface area contributed by atoms with E-state index in [1.54, 1.807) is 0 Å². The predicted octanol–water partition coefficient (Wildman–Crippen LogP) is 2.09. The highest BCUT2D eigenvalue weighted by Gasteiger charge is 2.46. The van der Waals surface area contributed by atoms with Crippen LogP contribution in [0.3, 0.4) is 0 Å². The van der Waals surface area contributed by atoms with Gasteiger partial charge in [-0.3, -0.25) is 14.9 Å². The number of hydrogen-bond donors (Lipinski definition) is 1. The van der Waals surface area contributed by atoms with E-state index in [-0.39, 0.29) is 41.2 Å². The summed E-state index contributed by atoms with van der Waals surface area (Å²) in [5, 5.41) is 21.0. The Hall–Kier alpha value is -1.66. The first-order valence-electron chi connectivity index (χ1n) is 6.19. The van der Waals surface area contributed by atoms with Crippen molar-refractivity contribution in [3.63, 3.8) is 0 Å². The average molecular weight is 299 g/mol. The molecule has 1 fully saturated rings. The number of nitrogens with zero attached hydrogens (tertiary/aromatic N) is 2. The third-order valence-corrected chi connectivity index (χ3v) is 3.85. The van der Waals surface area contributed by atoms with E-state index >= 15 is 0 Å². The van der Waals surface area contributed by atoms with Gasteiger partial charge in [-0.15, -0.1) is 0 Å². The Kier molecular flexibility index (Phi) is 3.71. The first-order valence-corrected chi connectivity index (χ1v) is 6.57. The molecule has 7 heteroatoms. The van der Waals surface area contributed by atoms with E-state index < -0.39 is 10.5 Å². The van der Waals surface area contributed by atoms with Crippen molar-refractivity contribution in [2.45, 2.75) is 19.4 Å². The number of non-ortho nitro benzene ring substituents is 1. The van der Waals surface area contributed by atoms with E-state index in [2.05, 4.69) is 0 Å². The van der Waals surface area contributed by atoms with Gasteiger partial charge < -0.3 is 10.0 Å². The molecule has 0 unspecified atom stereocenters. The molecule has 1 aliphatic heterocycles. The van der Waals surface area contributed by atoms with Crippen LogP contribution in [0.15, 0.2) is 18.2 Å². The van der Waals surface area contributed by atoms with Gasteiger partial charge in [0.05, 0.1) is 18.0 Å². The molecule has 6 nitrogen and oxygen atoms in total. The van der Waals surface area contributed by atoms with Crippen molar-refractivity contribution in [1.29, 1.82) is 0 Å². The molecule has 0 spiro atoms. The number of carbonyl (C=O) groups excluding carboxylic acids is 1.